The number of ether oxygens (including phenoxy) is 1. The number of carbonyl (C=O) groups excluding carboxylic acids is 3. The van der Waals surface area contributed by atoms with Crippen molar-refractivity contribution >= 4 is 23.8 Å². The number of carboxylic acid groups (broad SMARTS) is 1. The van der Waals surface area contributed by atoms with Gasteiger partial charge in [-0.2, -0.15) is 5.01 Å². The molecule has 1 atom stereocenters. The molecular weight excluding hydrogens is 533 g/mol. The molecule has 3 rings (SSSR count). The average Bonchev–Trinajstić information content (AvgIpc) is 2.96. The van der Waals surface area contributed by atoms with E-state index in [9.17, 15) is 28.7 Å². The number of urea groups is 1. The van der Waals surface area contributed by atoms with E-state index < -0.39 is 35.7 Å². The van der Waals surface area contributed by atoms with E-state index in [0.717, 1.165) is 5.56 Å². The van der Waals surface area contributed by atoms with Gasteiger partial charge in [0.05, 0.1) is 26.3 Å². The molecular formula is C29H34FN5O6. The molecule has 1 unspecified atom stereocenters. The molecule has 1 saturated heterocycles. The SMILES string of the molecule is C#CCN1CC(=O)N(C(CCC(=O)O)C(=O)N(C)CCOCc2ccccc2F)CN1C(=O)NCc1ccccc1. The van der Waals surface area contributed by atoms with Crippen molar-refractivity contribution in [3.05, 3.63) is 71.5 Å². The van der Waals surface area contributed by atoms with Crippen molar-refractivity contribution in [1.29, 1.82) is 0 Å². The molecule has 12 heteroatoms. The van der Waals surface area contributed by atoms with E-state index in [4.69, 9.17) is 11.2 Å². The molecule has 1 heterocycles. The fourth-order valence-corrected chi connectivity index (χ4v) is 4.26. The summed E-state index contributed by atoms with van der Waals surface area (Å²) in [5, 5.41) is 14.7. The highest BCUT2D eigenvalue weighted by molar-refractivity contribution is 5.89. The van der Waals surface area contributed by atoms with Crippen LogP contribution in [-0.2, 0) is 32.3 Å². The zero-order valence-electron chi connectivity index (χ0n) is 22.9. The fourth-order valence-electron chi connectivity index (χ4n) is 4.26. The molecule has 2 aromatic rings. The van der Waals surface area contributed by atoms with E-state index in [1.54, 1.807) is 18.2 Å². The molecule has 11 nitrogen and oxygen atoms in total. The van der Waals surface area contributed by atoms with Gasteiger partial charge in [0, 0.05) is 32.1 Å². The highest BCUT2D eigenvalue weighted by Crippen LogP contribution is 2.18. The average molecular weight is 568 g/mol. The monoisotopic (exact) mass is 567 g/mol. The van der Waals surface area contributed by atoms with Gasteiger partial charge in [0.2, 0.25) is 11.8 Å². The van der Waals surface area contributed by atoms with Crippen molar-refractivity contribution in [3.8, 4) is 12.3 Å². The lowest BCUT2D eigenvalue weighted by molar-refractivity contribution is -0.163. The highest BCUT2D eigenvalue weighted by atomic mass is 19.1. The maximum absolute atomic E-state index is 13.8. The van der Waals surface area contributed by atoms with Gasteiger partial charge in [0.25, 0.3) is 0 Å². The zero-order valence-corrected chi connectivity index (χ0v) is 22.9. The molecule has 1 fully saturated rings. The second kappa shape index (κ2) is 15.4. The number of terminal acetylenes is 1. The molecule has 0 radical (unpaired) electrons. The molecule has 0 saturated carbocycles. The molecule has 1 aliphatic heterocycles. The summed E-state index contributed by atoms with van der Waals surface area (Å²) in [5.74, 6) is -0.0807. The third-order valence-corrected chi connectivity index (χ3v) is 6.52. The number of amides is 4. The first-order valence-corrected chi connectivity index (χ1v) is 13.1. The second-order valence-electron chi connectivity index (χ2n) is 9.43. The molecule has 1 aliphatic rings. The van der Waals surface area contributed by atoms with Crippen LogP contribution in [0.1, 0.15) is 24.0 Å². The number of hydrazine groups is 1. The number of nitrogens with zero attached hydrogens (tertiary/aromatic N) is 4. The Morgan fingerprint density at radius 3 is 2.56 bits per heavy atom. The van der Waals surface area contributed by atoms with Gasteiger partial charge in [-0.15, -0.1) is 6.42 Å². The third-order valence-electron chi connectivity index (χ3n) is 6.52. The minimum absolute atomic E-state index is 0.0137. The van der Waals surface area contributed by atoms with E-state index in [2.05, 4.69) is 11.2 Å². The summed E-state index contributed by atoms with van der Waals surface area (Å²) in [6, 6.07) is 13.8. The van der Waals surface area contributed by atoms with Gasteiger partial charge in [-0.3, -0.25) is 14.4 Å². The van der Waals surface area contributed by atoms with Crippen molar-refractivity contribution in [1.82, 2.24) is 25.1 Å². The van der Waals surface area contributed by atoms with Gasteiger partial charge in [-0.25, -0.2) is 14.2 Å². The minimum atomic E-state index is -1.15. The summed E-state index contributed by atoms with van der Waals surface area (Å²) < 4.78 is 19.3. The van der Waals surface area contributed by atoms with Crippen LogP contribution in [0.25, 0.3) is 0 Å². The Labute approximate surface area is 238 Å². The van der Waals surface area contributed by atoms with Crippen LogP contribution in [0.5, 0.6) is 0 Å². The Morgan fingerprint density at radius 1 is 1.17 bits per heavy atom. The van der Waals surface area contributed by atoms with Crippen LogP contribution in [0.4, 0.5) is 9.18 Å². The van der Waals surface area contributed by atoms with Gasteiger partial charge >= 0.3 is 12.0 Å². The largest absolute Gasteiger partial charge is 0.481 e. The standard InChI is InChI=1S/C29H34FN5O6/c1-3-15-33-19-26(36)34(21-35(33)29(40)31-18-22-9-5-4-6-10-22)25(13-14-27(37)38)28(39)32(2)16-17-41-20-23-11-7-8-12-24(23)30/h1,4-12,25H,13-21H2,2H3,(H,31,40)(H,37,38). The van der Waals surface area contributed by atoms with Gasteiger partial charge in [-0.05, 0) is 18.1 Å². The first-order chi connectivity index (χ1) is 19.7. The van der Waals surface area contributed by atoms with Crippen molar-refractivity contribution in [2.24, 2.45) is 0 Å². The maximum Gasteiger partial charge on any atom is 0.333 e. The summed E-state index contributed by atoms with van der Waals surface area (Å²) in [6.45, 7) is -0.149. The summed E-state index contributed by atoms with van der Waals surface area (Å²) in [7, 11) is 1.51. The Bertz CT molecular complexity index is 1250. The van der Waals surface area contributed by atoms with Crippen LogP contribution in [0.15, 0.2) is 54.6 Å². The van der Waals surface area contributed by atoms with Crippen LogP contribution in [0.2, 0.25) is 0 Å². The Hall–Kier alpha value is -4.47. The lowest BCUT2D eigenvalue weighted by Crippen LogP contribution is -2.66. The number of halogens is 1. The van der Waals surface area contributed by atoms with Crippen molar-refractivity contribution in [3.63, 3.8) is 0 Å². The van der Waals surface area contributed by atoms with E-state index in [0.29, 0.717) is 5.56 Å². The van der Waals surface area contributed by atoms with E-state index in [-0.39, 0.29) is 58.9 Å². The third kappa shape index (κ3) is 9.02. The number of likely N-dealkylation sites (N-methyl/N-ethyl adjacent to an activating group) is 1. The van der Waals surface area contributed by atoms with Crippen LogP contribution >= 0.6 is 0 Å². The molecule has 4 amide bonds. The summed E-state index contributed by atoms with van der Waals surface area (Å²) >= 11 is 0. The van der Waals surface area contributed by atoms with Crippen molar-refractivity contribution in [2.45, 2.75) is 32.0 Å². The quantitative estimate of drug-likeness (QED) is 0.280. The number of aliphatic carboxylic acids is 1. The van der Waals surface area contributed by atoms with Crippen LogP contribution < -0.4 is 5.32 Å². The summed E-state index contributed by atoms with van der Waals surface area (Å²) in [5.41, 5.74) is 1.24. The van der Waals surface area contributed by atoms with Gasteiger partial charge in [0.15, 0.2) is 0 Å². The van der Waals surface area contributed by atoms with Crippen molar-refractivity contribution < 1.29 is 33.4 Å². The topological polar surface area (TPSA) is 123 Å². The first kappa shape index (κ1) is 31.1. The van der Waals surface area contributed by atoms with Gasteiger partial charge in [0.1, 0.15) is 18.5 Å². The normalized spacial score (nSPS) is 14.3. The first-order valence-electron chi connectivity index (χ1n) is 13.1. The fraction of sp³-hybridized carbons (Fsp3) is 0.379. The maximum atomic E-state index is 13.8. The number of carbonyl (C=O) groups is 4. The van der Waals surface area contributed by atoms with E-state index in [1.807, 2.05) is 30.3 Å². The number of benzene rings is 2. The molecule has 0 bridgehead atoms. The Balaban J connectivity index is 1.69. The Morgan fingerprint density at radius 2 is 1.88 bits per heavy atom. The Kier molecular flexibility index (Phi) is 11.6. The number of hydrogen-bond acceptors (Lipinski definition) is 6. The number of hydrogen-bond donors (Lipinski definition) is 2. The predicted octanol–water partition coefficient (Wildman–Crippen LogP) is 1.90. The number of nitrogens with one attached hydrogen (secondary N) is 1. The lowest BCUT2D eigenvalue weighted by atomic mass is 10.1. The molecule has 2 aromatic carbocycles. The molecule has 0 aromatic heterocycles. The molecule has 218 valence electrons. The van der Waals surface area contributed by atoms with Crippen molar-refractivity contribution in [2.75, 3.05) is 40.0 Å². The molecule has 41 heavy (non-hydrogen) atoms. The van der Waals surface area contributed by atoms with Gasteiger partial charge < -0.3 is 25.0 Å². The molecule has 0 spiro atoms. The van der Waals surface area contributed by atoms with Crippen LogP contribution in [-0.4, -0.2) is 94.7 Å². The summed E-state index contributed by atoms with van der Waals surface area (Å²) in [4.78, 5) is 53.7. The van der Waals surface area contributed by atoms with E-state index in [1.165, 1.54) is 32.9 Å². The van der Waals surface area contributed by atoms with Crippen LogP contribution in [0.3, 0.4) is 0 Å². The van der Waals surface area contributed by atoms with Crippen LogP contribution in [0, 0.1) is 18.2 Å². The number of rotatable bonds is 13. The van der Waals surface area contributed by atoms with Gasteiger partial charge in [-0.1, -0.05) is 54.5 Å². The minimum Gasteiger partial charge on any atom is -0.481 e. The van der Waals surface area contributed by atoms with E-state index >= 15 is 0 Å². The predicted molar refractivity (Wildman–Crippen MR) is 147 cm³/mol. The summed E-state index contributed by atoms with van der Waals surface area (Å²) in [6.07, 6.45) is 4.94. The second-order valence-corrected chi connectivity index (χ2v) is 9.43. The lowest BCUT2D eigenvalue weighted by Gasteiger charge is -2.45. The highest BCUT2D eigenvalue weighted by Gasteiger charge is 2.40. The molecule has 0 aliphatic carbocycles. The number of carboxylic acids is 1. The zero-order chi connectivity index (χ0) is 29.8. The smallest absolute Gasteiger partial charge is 0.333 e. The molecule has 2 N–H and O–H groups in total.